The number of nitrogens with one attached hydrogen (secondary N) is 1. The second kappa shape index (κ2) is 9.94. The number of hydrogen-bond donors (Lipinski definition) is 1. The maximum absolute atomic E-state index is 12.3. The molecule has 0 radical (unpaired) electrons. The Balaban J connectivity index is 1.31. The van der Waals surface area contributed by atoms with Crippen LogP contribution in [0, 0.1) is 0 Å². The molecule has 0 aliphatic rings. The van der Waals surface area contributed by atoms with Crippen LogP contribution in [0.2, 0.25) is 10.0 Å². The molecule has 2 aromatic carbocycles. The lowest BCUT2D eigenvalue weighted by Gasteiger charge is -2.03. The molecule has 0 unspecified atom stereocenters. The Labute approximate surface area is 196 Å². The van der Waals surface area contributed by atoms with Gasteiger partial charge in [0.2, 0.25) is 5.91 Å². The number of carbonyl (C=O) groups is 1. The van der Waals surface area contributed by atoms with E-state index in [1.54, 1.807) is 12.3 Å². The zero-order valence-corrected chi connectivity index (χ0v) is 19.4. The van der Waals surface area contributed by atoms with Gasteiger partial charge in [-0.15, -0.1) is 22.7 Å². The van der Waals surface area contributed by atoms with E-state index in [9.17, 15) is 4.79 Å². The van der Waals surface area contributed by atoms with E-state index in [0.29, 0.717) is 21.6 Å². The van der Waals surface area contributed by atoms with Crippen LogP contribution in [0.5, 0.6) is 0 Å². The molecule has 4 nitrogen and oxygen atoms in total. The molecule has 1 amide bonds. The first-order chi connectivity index (χ1) is 14.6. The van der Waals surface area contributed by atoms with Crippen molar-refractivity contribution in [3.8, 4) is 11.3 Å². The molecule has 2 heterocycles. The molecule has 0 saturated heterocycles. The highest BCUT2D eigenvalue weighted by atomic mass is 35.5. The van der Waals surface area contributed by atoms with E-state index in [0.717, 1.165) is 26.0 Å². The number of carbonyl (C=O) groups excluding carboxylic acids is 1. The Bertz CT molecular complexity index is 1160. The summed E-state index contributed by atoms with van der Waals surface area (Å²) in [7, 11) is 0. The summed E-state index contributed by atoms with van der Waals surface area (Å²) in [5.74, 6) is 0.162. The van der Waals surface area contributed by atoms with Crippen molar-refractivity contribution in [3.63, 3.8) is 0 Å². The molecular weight excluding hydrogens is 477 g/mol. The summed E-state index contributed by atoms with van der Waals surface area (Å²) in [5.41, 5.74) is 2.92. The number of aromatic nitrogens is 2. The normalized spacial score (nSPS) is 10.9. The number of rotatable bonds is 7. The summed E-state index contributed by atoms with van der Waals surface area (Å²) < 4.78 is 0.861. The number of anilines is 1. The highest BCUT2D eigenvalue weighted by Crippen LogP contribution is 2.30. The lowest BCUT2D eigenvalue weighted by molar-refractivity contribution is -0.113. The first kappa shape index (κ1) is 21.3. The lowest BCUT2D eigenvalue weighted by Crippen LogP contribution is -2.13. The van der Waals surface area contributed by atoms with Crippen LogP contribution in [0.1, 0.15) is 10.4 Å². The van der Waals surface area contributed by atoms with Crippen LogP contribution in [0.25, 0.3) is 11.3 Å². The molecule has 1 N–H and O–H groups in total. The van der Waals surface area contributed by atoms with Gasteiger partial charge in [-0.1, -0.05) is 77.4 Å². The Morgan fingerprint density at radius 1 is 1.10 bits per heavy atom. The molecule has 0 bridgehead atoms. The fourth-order valence-electron chi connectivity index (χ4n) is 2.67. The monoisotopic (exact) mass is 491 g/mol. The van der Waals surface area contributed by atoms with Gasteiger partial charge < -0.3 is 5.32 Å². The van der Waals surface area contributed by atoms with E-state index in [1.807, 2.05) is 47.8 Å². The molecule has 4 rings (SSSR count). The Hall–Kier alpha value is -1.90. The van der Waals surface area contributed by atoms with Crippen LogP contribution < -0.4 is 5.32 Å². The molecule has 9 heteroatoms. The van der Waals surface area contributed by atoms with Gasteiger partial charge in [0.25, 0.3) is 0 Å². The van der Waals surface area contributed by atoms with E-state index in [1.165, 1.54) is 34.4 Å². The number of hydrogen-bond acceptors (Lipinski definition) is 6. The molecule has 0 fully saturated rings. The Morgan fingerprint density at radius 3 is 2.77 bits per heavy atom. The van der Waals surface area contributed by atoms with E-state index in [4.69, 9.17) is 23.2 Å². The number of thioether (sulfide) groups is 1. The highest BCUT2D eigenvalue weighted by molar-refractivity contribution is 8.01. The number of benzene rings is 2. The maximum atomic E-state index is 12.3. The largest absolute Gasteiger partial charge is 0.301 e. The van der Waals surface area contributed by atoms with Gasteiger partial charge in [-0.25, -0.2) is 9.97 Å². The van der Waals surface area contributed by atoms with Gasteiger partial charge in [0.05, 0.1) is 21.5 Å². The average molecular weight is 492 g/mol. The fraction of sp³-hybridized carbons (Fsp3) is 0.0952. The average Bonchev–Trinajstić information content (AvgIpc) is 3.40. The summed E-state index contributed by atoms with van der Waals surface area (Å²) in [6, 6.07) is 15.5. The quantitative estimate of drug-likeness (QED) is 0.285. The first-order valence-corrected chi connectivity index (χ1v) is 12.3. The topological polar surface area (TPSA) is 54.9 Å². The second-order valence-electron chi connectivity index (χ2n) is 6.22. The number of thiazole rings is 2. The zero-order chi connectivity index (χ0) is 20.9. The lowest BCUT2D eigenvalue weighted by atomic mass is 10.1. The van der Waals surface area contributed by atoms with Crippen LogP contribution in [-0.2, 0) is 11.2 Å². The van der Waals surface area contributed by atoms with Crippen molar-refractivity contribution in [1.82, 2.24) is 9.97 Å². The van der Waals surface area contributed by atoms with Crippen molar-refractivity contribution in [2.45, 2.75) is 10.8 Å². The molecule has 2 aromatic heterocycles. The smallest absolute Gasteiger partial charge is 0.236 e. The van der Waals surface area contributed by atoms with Gasteiger partial charge in [-0.2, -0.15) is 0 Å². The van der Waals surface area contributed by atoms with Crippen LogP contribution in [0.15, 0.2) is 64.4 Å². The third-order valence-electron chi connectivity index (χ3n) is 4.08. The minimum Gasteiger partial charge on any atom is -0.301 e. The van der Waals surface area contributed by atoms with Crippen molar-refractivity contribution in [2.75, 3.05) is 11.1 Å². The number of halogens is 2. The predicted octanol–water partition coefficient (Wildman–Crippen LogP) is 6.90. The maximum Gasteiger partial charge on any atom is 0.236 e. The van der Waals surface area contributed by atoms with E-state index in [-0.39, 0.29) is 11.7 Å². The standard InChI is InChI=1S/C21H15Cl2N3OS3/c22-16-8-4-7-14(19(16)23)9-15-10-24-20(30-15)26-18(27)12-29-21-25-17(11-28-21)13-5-2-1-3-6-13/h1-8,10-11H,9,12H2,(H,24,26,27). The van der Waals surface area contributed by atoms with E-state index in [2.05, 4.69) is 15.3 Å². The molecule has 0 saturated carbocycles. The van der Waals surface area contributed by atoms with Crippen molar-refractivity contribution >= 4 is 68.7 Å². The summed E-state index contributed by atoms with van der Waals surface area (Å²) in [4.78, 5) is 22.2. The first-order valence-electron chi connectivity index (χ1n) is 8.89. The van der Waals surface area contributed by atoms with Crippen LogP contribution in [0.4, 0.5) is 5.13 Å². The minimum atomic E-state index is -0.113. The minimum absolute atomic E-state index is 0.113. The van der Waals surface area contributed by atoms with Crippen molar-refractivity contribution in [1.29, 1.82) is 0 Å². The SMILES string of the molecule is O=C(CSc1nc(-c2ccccc2)cs1)Nc1ncc(Cc2cccc(Cl)c2Cl)s1. The third-order valence-corrected chi connectivity index (χ3v) is 7.87. The number of nitrogens with zero attached hydrogens (tertiary/aromatic N) is 2. The summed E-state index contributed by atoms with van der Waals surface area (Å²) in [6.45, 7) is 0. The Morgan fingerprint density at radius 2 is 1.93 bits per heavy atom. The predicted molar refractivity (Wildman–Crippen MR) is 128 cm³/mol. The molecule has 0 spiro atoms. The zero-order valence-electron chi connectivity index (χ0n) is 15.5. The molecule has 0 aliphatic heterocycles. The molecule has 4 aromatic rings. The summed E-state index contributed by atoms with van der Waals surface area (Å²) >= 11 is 16.7. The summed E-state index contributed by atoms with van der Waals surface area (Å²) in [6.07, 6.45) is 2.36. The molecule has 0 atom stereocenters. The highest BCUT2D eigenvalue weighted by Gasteiger charge is 2.12. The molecule has 0 aliphatic carbocycles. The van der Waals surface area contributed by atoms with Crippen molar-refractivity contribution < 1.29 is 4.79 Å². The van der Waals surface area contributed by atoms with Gasteiger partial charge in [-0.3, -0.25) is 4.79 Å². The third kappa shape index (κ3) is 5.42. The van der Waals surface area contributed by atoms with Gasteiger partial charge >= 0.3 is 0 Å². The van der Waals surface area contributed by atoms with E-state index >= 15 is 0 Å². The van der Waals surface area contributed by atoms with Gasteiger partial charge in [0.1, 0.15) is 0 Å². The summed E-state index contributed by atoms with van der Waals surface area (Å²) in [5, 5.41) is 6.50. The Kier molecular flexibility index (Phi) is 7.07. The van der Waals surface area contributed by atoms with Gasteiger partial charge in [0.15, 0.2) is 9.47 Å². The van der Waals surface area contributed by atoms with E-state index < -0.39 is 0 Å². The van der Waals surface area contributed by atoms with Gasteiger partial charge in [0, 0.05) is 28.4 Å². The molecular formula is C21H15Cl2N3OS3. The molecule has 152 valence electrons. The molecule has 30 heavy (non-hydrogen) atoms. The van der Waals surface area contributed by atoms with Crippen molar-refractivity contribution in [2.24, 2.45) is 0 Å². The second-order valence-corrected chi connectivity index (χ2v) is 10.2. The fourth-order valence-corrected chi connectivity index (χ4v) is 5.54. The van der Waals surface area contributed by atoms with Crippen LogP contribution in [-0.4, -0.2) is 21.6 Å². The van der Waals surface area contributed by atoms with Crippen molar-refractivity contribution in [3.05, 3.63) is 80.6 Å². The number of amides is 1. The van der Waals surface area contributed by atoms with Crippen LogP contribution in [0.3, 0.4) is 0 Å². The van der Waals surface area contributed by atoms with Gasteiger partial charge in [-0.05, 0) is 11.6 Å². The van der Waals surface area contributed by atoms with Crippen LogP contribution >= 0.6 is 57.6 Å².